The SMILES string of the molecule is O=C(CCc1ccc(F)c(F)c1)Nc1cccc(CN2CCCC2)c1. The third-order valence-electron chi connectivity index (χ3n) is 4.44. The van der Waals surface area contributed by atoms with E-state index in [1.807, 2.05) is 18.2 Å². The molecule has 0 atom stereocenters. The first-order valence-electron chi connectivity index (χ1n) is 8.65. The largest absolute Gasteiger partial charge is 0.326 e. The van der Waals surface area contributed by atoms with Crippen molar-refractivity contribution >= 4 is 11.6 Å². The molecule has 1 heterocycles. The zero-order valence-electron chi connectivity index (χ0n) is 14.1. The third-order valence-corrected chi connectivity index (χ3v) is 4.44. The van der Waals surface area contributed by atoms with Gasteiger partial charge in [-0.2, -0.15) is 0 Å². The van der Waals surface area contributed by atoms with Crippen LogP contribution in [0.4, 0.5) is 14.5 Å². The second-order valence-corrected chi connectivity index (χ2v) is 6.48. The number of aryl methyl sites for hydroxylation is 1. The molecule has 25 heavy (non-hydrogen) atoms. The van der Waals surface area contributed by atoms with E-state index in [1.54, 1.807) is 0 Å². The quantitative estimate of drug-likeness (QED) is 0.854. The van der Waals surface area contributed by atoms with E-state index in [9.17, 15) is 13.6 Å². The van der Waals surface area contributed by atoms with Gasteiger partial charge in [0.25, 0.3) is 0 Å². The molecule has 1 N–H and O–H groups in total. The van der Waals surface area contributed by atoms with Gasteiger partial charge in [-0.3, -0.25) is 9.69 Å². The molecule has 3 rings (SSSR count). The highest BCUT2D eigenvalue weighted by Crippen LogP contribution is 2.17. The van der Waals surface area contributed by atoms with Crippen molar-refractivity contribution in [3.8, 4) is 0 Å². The van der Waals surface area contributed by atoms with E-state index >= 15 is 0 Å². The van der Waals surface area contributed by atoms with Crippen molar-refractivity contribution < 1.29 is 13.6 Å². The van der Waals surface area contributed by atoms with E-state index in [1.165, 1.54) is 24.5 Å². The highest BCUT2D eigenvalue weighted by atomic mass is 19.2. The summed E-state index contributed by atoms with van der Waals surface area (Å²) in [6.07, 6.45) is 3.10. The maximum Gasteiger partial charge on any atom is 0.224 e. The Bertz CT molecular complexity index is 742. The lowest BCUT2D eigenvalue weighted by atomic mass is 10.1. The summed E-state index contributed by atoms with van der Waals surface area (Å²) in [5.41, 5.74) is 2.56. The van der Waals surface area contributed by atoms with Crippen LogP contribution in [0.15, 0.2) is 42.5 Å². The lowest BCUT2D eigenvalue weighted by molar-refractivity contribution is -0.116. The molecule has 1 amide bonds. The molecule has 1 fully saturated rings. The lowest BCUT2D eigenvalue weighted by Gasteiger charge is -2.15. The van der Waals surface area contributed by atoms with Crippen molar-refractivity contribution in [3.63, 3.8) is 0 Å². The fraction of sp³-hybridized carbons (Fsp3) is 0.350. The highest BCUT2D eigenvalue weighted by molar-refractivity contribution is 5.90. The first-order chi connectivity index (χ1) is 12.1. The van der Waals surface area contributed by atoms with E-state index in [0.29, 0.717) is 12.0 Å². The number of hydrogen-bond acceptors (Lipinski definition) is 2. The monoisotopic (exact) mass is 344 g/mol. The Morgan fingerprint density at radius 2 is 1.80 bits per heavy atom. The molecule has 1 aliphatic rings. The Balaban J connectivity index is 1.52. The zero-order chi connectivity index (χ0) is 17.6. The van der Waals surface area contributed by atoms with E-state index in [0.717, 1.165) is 37.5 Å². The fourth-order valence-electron chi connectivity index (χ4n) is 3.12. The molecule has 3 nitrogen and oxygen atoms in total. The second-order valence-electron chi connectivity index (χ2n) is 6.48. The maximum atomic E-state index is 13.2. The van der Waals surface area contributed by atoms with Crippen molar-refractivity contribution in [2.75, 3.05) is 18.4 Å². The van der Waals surface area contributed by atoms with Gasteiger partial charge in [-0.1, -0.05) is 18.2 Å². The average Bonchev–Trinajstić information content (AvgIpc) is 3.09. The first kappa shape index (κ1) is 17.5. The van der Waals surface area contributed by atoms with Crippen LogP contribution in [0.3, 0.4) is 0 Å². The van der Waals surface area contributed by atoms with E-state index in [-0.39, 0.29) is 12.3 Å². The van der Waals surface area contributed by atoms with Gasteiger partial charge in [0.2, 0.25) is 5.91 Å². The number of benzene rings is 2. The number of nitrogens with one attached hydrogen (secondary N) is 1. The smallest absolute Gasteiger partial charge is 0.224 e. The summed E-state index contributed by atoms with van der Waals surface area (Å²) in [7, 11) is 0. The molecule has 2 aromatic carbocycles. The molecule has 0 bridgehead atoms. The number of likely N-dealkylation sites (tertiary alicyclic amines) is 1. The zero-order valence-corrected chi connectivity index (χ0v) is 14.1. The van der Waals surface area contributed by atoms with Gasteiger partial charge in [-0.05, 0) is 67.7 Å². The highest BCUT2D eigenvalue weighted by Gasteiger charge is 2.12. The van der Waals surface area contributed by atoms with E-state index in [2.05, 4.69) is 16.3 Å². The number of hydrogen-bond donors (Lipinski definition) is 1. The van der Waals surface area contributed by atoms with E-state index in [4.69, 9.17) is 0 Å². The summed E-state index contributed by atoms with van der Waals surface area (Å²) in [6, 6.07) is 11.6. The van der Waals surface area contributed by atoms with Crippen molar-refractivity contribution in [1.82, 2.24) is 4.90 Å². The first-order valence-corrected chi connectivity index (χ1v) is 8.65. The summed E-state index contributed by atoms with van der Waals surface area (Å²) in [4.78, 5) is 14.5. The van der Waals surface area contributed by atoms with Crippen molar-refractivity contribution in [3.05, 3.63) is 65.2 Å². The molecule has 0 aromatic heterocycles. The van der Waals surface area contributed by atoms with Crippen LogP contribution in [0.5, 0.6) is 0 Å². The van der Waals surface area contributed by atoms with Crippen LogP contribution < -0.4 is 5.32 Å². The Labute approximate surface area is 146 Å². The van der Waals surface area contributed by atoms with Crippen LogP contribution in [0.2, 0.25) is 0 Å². The lowest BCUT2D eigenvalue weighted by Crippen LogP contribution is -2.18. The Hall–Kier alpha value is -2.27. The van der Waals surface area contributed by atoms with Gasteiger partial charge in [0, 0.05) is 18.7 Å². The average molecular weight is 344 g/mol. The molecule has 1 saturated heterocycles. The second kappa shape index (κ2) is 8.21. The van der Waals surface area contributed by atoms with Gasteiger partial charge >= 0.3 is 0 Å². The number of amides is 1. The van der Waals surface area contributed by atoms with Crippen LogP contribution in [0.1, 0.15) is 30.4 Å². The van der Waals surface area contributed by atoms with Crippen LogP contribution >= 0.6 is 0 Å². The van der Waals surface area contributed by atoms with Gasteiger partial charge in [-0.15, -0.1) is 0 Å². The van der Waals surface area contributed by atoms with E-state index < -0.39 is 11.6 Å². The minimum Gasteiger partial charge on any atom is -0.326 e. The van der Waals surface area contributed by atoms with Gasteiger partial charge in [0.15, 0.2) is 11.6 Å². The molecule has 0 saturated carbocycles. The summed E-state index contributed by atoms with van der Waals surface area (Å²) in [5.74, 6) is -1.89. The number of anilines is 1. The van der Waals surface area contributed by atoms with Crippen LogP contribution in [-0.4, -0.2) is 23.9 Å². The van der Waals surface area contributed by atoms with Crippen LogP contribution in [0.25, 0.3) is 0 Å². The molecule has 5 heteroatoms. The minimum atomic E-state index is -0.882. The molecule has 0 aliphatic carbocycles. The van der Waals surface area contributed by atoms with Crippen LogP contribution in [-0.2, 0) is 17.8 Å². The molecule has 0 spiro atoms. The number of rotatable bonds is 6. The number of carbonyl (C=O) groups excluding carboxylic acids is 1. The number of nitrogens with zero attached hydrogens (tertiary/aromatic N) is 1. The third kappa shape index (κ3) is 5.10. The van der Waals surface area contributed by atoms with Crippen LogP contribution in [0, 0.1) is 11.6 Å². The predicted molar refractivity (Wildman–Crippen MR) is 94.3 cm³/mol. The topological polar surface area (TPSA) is 32.3 Å². The molecule has 0 unspecified atom stereocenters. The Morgan fingerprint density at radius 3 is 2.56 bits per heavy atom. The standard InChI is InChI=1S/C20H22F2N2O/c21-18-8-6-15(13-19(18)22)7-9-20(25)23-17-5-3-4-16(12-17)14-24-10-1-2-11-24/h3-6,8,12-13H,1-2,7,9-11,14H2,(H,23,25). The maximum absolute atomic E-state index is 13.2. The number of halogens is 2. The Kier molecular flexibility index (Phi) is 5.76. The van der Waals surface area contributed by atoms with Gasteiger partial charge < -0.3 is 5.32 Å². The fourth-order valence-corrected chi connectivity index (χ4v) is 3.12. The number of carbonyl (C=O) groups is 1. The Morgan fingerprint density at radius 1 is 1.00 bits per heavy atom. The molecular formula is C20H22F2N2O. The molecule has 2 aromatic rings. The van der Waals surface area contributed by atoms with Gasteiger partial charge in [0.05, 0.1) is 0 Å². The van der Waals surface area contributed by atoms with Crippen molar-refractivity contribution in [2.24, 2.45) is 0 Å². The summed E-state index contributed by atoms with van der Waals surface area (Å²) in [5, 5.41) is 2.88. The molecule has 1 aliphatic heterocycles. The molecular weight excluding hydrogens is 322 g/mol. The molecule has 0 radical (unpaired) electrons. The minimum absolute atomic E-state index is 0.136. The van der Waals surface area contributed by atoms with Crippen molar-refractivity contribution in [2.45, 2.75) is 32.2 Å². The van der Waals surface area contributed by atoms with Gasteiger partial charge in [0.1, 0.15) is 0 Å². The molecule has 132 valence electrons. The van der Waals surface area contributed by atoms with Gasteiger partial charge in [-0.25, -0.2) is 8.78 Å². The normalized spacial score (nSPS) is 14.6. The predicted octanol–water partition coefficient (Wildman–Crippen LogP) is 4.13. The summed E-state index contributed by atoms with van der Waals surface area (Å²) in [6.45, 7) is 3.16. The summed E-state index contributed by atoms with van der Waals surface area (Å²) < 4.78 is 26.1. The summed E-state index contributed by atoms with van der Waals surface area (Å²) >= 11 is 0. The van der Waals surface area contributed by atoms with Crippen molar-refractivity contribution in [1.29, 1.82) is 0 Å².